The Morgan fingerprint density at radius 2 is 2.14 bits per heavy atom. The largest absolute Gasteiger partial charge is 0.389 e. The van der Waals surface area contributed by atoms with Crippen LogP contribution in [0.15, 0.2) is 29.2 Å². The Morgan fingerprint density at radius 3 is 2.76 bits per heavy atom. The monoisotopic (exact) mass is 331 g/mol. The van der Waals surface area contributed by atoms with Gasteiger partial charge in [0, 0.05) is 32.3 Å². The second-order valence-corrected chi connectivity index (χ2v) is 6.79. The maximum atomic E-state index is 12.2. The Kier molecular flexibility index (Phi) is 7.20. The van der Waals surface area contributed by atoms with Crippen LogP contribution in [-0.2, 0) is 14.8 Å². The van der Waals surface area contributed by atoms with Crippen LogP contribution in [0.4, 0.5) is 0 Å². The summed E-state index contributed by atoms with van der Waals surface area (Å²) >= 11 is 4.85. The van der Waals surface area contributed by atoms with Gasteiger partial charge in [-0.1, -0.05) is 24.4 Å². The summed E-state index contributed by atoms with van der Waals surface area (Å²) in [5.41, 5.74) is 6.04. The lowest BCUT2D eigenvalue weighted by atomic mass is 10.2. The highest BCUT2D eigenvalue weighted by Crippen LogP contribution is 2.11. The van der Waals surface area contributed by atoms with E-state index in [1.165, 1.54) is 12.1 Å². The minimum absolute atomic E-state index is 0.160. The number of rotatable bonds is 9. The first kappa shape index (κ1) is 18.0. The van der Waals surface area contributed by atoms with Gasteiger partial charge in [0.1, 0.15) is 4.99 Å². The number of nitrogens with zero attached hydrogens (tertiary/aromatic N) is 1. The van der Waals surface area contributed by atoms with Gasteiger partial charge in [-0.15, -0.1) is 0 Å². The first-order valence-corrected chi connectivity index (χ1v) is 8.33. The van der Waals surface area contributed by atoms with E-state index in [2.05, 4.69) is 4.72 Å². The Balaban J connectivity index is 2.61. The van der Waals surface area contributed by atoms with Gasteiger partial charge in [0.15, 0.2) is 0 Å². The molecule has 0 heterocycles. The van der Waals surface area contributed by atoms with Crippen LogP contribution in [-0.4, -0.2) is 58.7 Å². The van der Waals surface area contributed by atoms with Gasteiger partial charge in [-0.2, -0.15) is 0 Å². The number of benzene rings is 1. The molecule has 8 heteroatoms. The Morgan fingerprint density at radius 1 is 1.43 bits per heavy atom. The predicted molar refractivity (Wildman–Crippen MR) is 86.9 cm³/mol. The molecule has 6 nitrogen and oxygen atoms in total. The summed E-state index contributed by atoms with van der Waals surface area (Å²) in [6.45, 7) is 2.27. The standard InChI is InChI=1S/C13H21N3O3S2/c1-16(8-9-19-2)7-6-15-21(17,18)12-5-3-4-11(10-12)13(14)20/h3-5,10,15H,6-9H2,1-2H3,(H2,14,20). The van der Waals surface area contributed by atoms with Crippen molar-refractivity contribution in [1.82, 2.24) is 9.62 Å². The summed E-state index contributed by atoms with van der Waals surface area (Å²) in [4.78, 5) is 2.32. The average molecular weight is 331 g/mol. The van der Waals surface area contributed by atoms with Crippen molar-refractivity contribution in [2.75, 3.05) is 40.4 Å². The van der Waals surface area contributed by atoms with Gasteiger partial charge in [-0.05, 0) is 19.2 Å². The summed E-state index contributed by atoms with van der Waals surface area (Å²) in [5.74, 6) is 0. The van der Waals surface area contributed by atoms with Gasteiger partial charge < -0.3 is 15.4 Å². The van der Waals surface area contributed by atoms with Crippen LogP contribution in [0.25, 0.3) is 0 Å². The molecule has 0 aliphatic rings. The predicted octanol–water partition coefficient (Wildman–Crippen LogP) is 0.177. The van der Waals surface area contributed by atoms with E-state index in [0.29, 0.717) is 25.3 Å². The lowest BCUT2D eigenvalue weighted by Crippen LogP contribution is -2.34. The maximum Gasteiger partial charge on any atom is 0.240 e. The molecule has 21 heavy (non-hydrogen) atoms. The number of likely N-dealkylation sites (N-methyl/N-ethyl adjacent to an activating group) is 1. The number of sulfonamides is 1. The van der Waals surface area contributed by atoms with Crippen molar-refractivity contribution in [2.45, 2.75) is 4.90 Å². The van der Waals surface area contributed by atoms with Crippen molar-refractivity contribution in [3.8, 4) is 0 Å². The normalized spacial score (nSPS) is 11.8. The lowest BCUT2D eigenvalue weighted by Gasteiger charge is -2.16. The Labute approximate surface area is 131 Å². The second kappa shape index (κ2) is 8.40. The van der Waals surface area contributed by atoms with E-state index in [-0.39, 0.29) is 9.88 Å². The quantitative estimate of drug-likeness (QED) is 0.628. The van der Waals surface area contributed by atoms with E-state index < -0.39 is 10.0 Å². The van der Waals surface area contributed by atoms with Gasteiger partial charge in [0.2, 0.25) is 10.0 Å². The zero-order chi connectivity index (χ0) is 15.9. The molecule has 0 aliphatic heterocycles. The van der Waals surface area contributed by atoms with E-state index in [4.69, 9.17) is 22.7 Å². The van der Waals surface area contributed by atoms with Crippen LogP contribution < -0.4 is 10.5 Å². The third-order valence-electron chi connectivity index (χ3n) is 2.89. The zero-order valence-corrected chi connectivity index (χ0v) is 13.8. The molecule has 0 radical (unpaired) electrons. The van der Waals surface area contributed by atoms with Crippen molar-refractivity contribution < 1.29 is 13.2 Å². The Hall–Kier alpha value is -1.06. The van der Waals surface area contributed by atoms with E-state index in [0.717, 1.165) is 6.54 Å². The molecular weight excluding hydrogens is 310 g/mol. The van der Waals surface area contributed by atoms with Crippen molar-refractivity contribution >= 4 is 27.2 Å². The van der Waals surface area contributed by atoms with Crippen LogP contribution in [0.5, 0.6) is 0 Å². The highest BCUT2D eigenvalue weighted by molar-refractivity contribution is 7.89. The van der Waals surface area contributed by atoms with Crippen LogP contribution in [0, 0.1) is 0 Å². The fraction of sp³-hybridized carbons (Fsp3) is 0.462. The van der Waals surface area contributed by atoms with Crippen molar-refractivity contribution in [3.05, 3.63) is 29.8 Å². The highest BCUT2D eigenvalue weighted by Gasteiger charge is 2.14. The molecule has 0 aromatic heterocycles. The van der Waals surface area contributed by atoms with Gasteiger partial charge in [0.05, 0.1) is 11.5 Å². The molecule has 0 saturated heterocycles. The molecule has 0 amide bonds. The summed E-state index contributed by atoms with van der Waals surface area (Å²) in [6.07, 6.45) is 0. The summed E-state index contributed by atoms with van der Waals surface area (Å²) < 4.78 is 31.8. The van der Waals surface area contributed by atoms with E-state index in [9.17, 15) is 8.42 Å². The van der Waals surface area contributed by atoms with Crippen LogP contribution in [0.3, 0.4) is 0 Å². The topological polar surface area (TPSA) is 84.7 Å². The maximum absolute atomic E-state index is 12.2. The number of hydrogen-bond acceptors (Lipinski definition) is 5. The van der Waals surface area contributed by atoms with Crippen LogP contribution in [0.2, 0.25) is 0 Å². The SMILES string of the molecule is COCCN(C)CCNS(=O)(=O)c1cccc(C(N)=S)c1. The molecule has 0 spiro atoms. The molecule has 3 N–H and O–H groups in total. The molecule has 118 valence electrons. The molecule has 0 aliphatic carbocycles. The molecule has 0 atom stereocenters. The number of ether oxygens (including phenoxy) is 1. The van der Waals surface area contributed by atoms with Crippen molar-refractivity contribution in [3.63, 3.8) is 0 Å². The smallest absolute Gasteiger partial charge is 0.240 e. The second-order valence-electron chi connectivity index (χ2n) is 4.59. The minimum Gasteiger partial charge on any atom is -0.389 e. The molecule has 1 rings (SSSR count). The molecule has 1 aromatic carbocycles. The molecular formula is C13H21N3O3S2. The number of nitrogens with one attached hydrogen (secondary N) is 1. The van der Waals surface area contributed by atoms with Gasteiger partial charge >= 0.3 is 0 Å². The third-order valence-corrected chi connectivity index (χ3v) is 4.59. The molecule has 0 saturated carbocycles. The van der Waals surface area contributed by atoms with Crippen LogP contribution in [0.1, 0.15) is 5.56 Å². The van der Waals surface area contributed by atoms with Gasteiger partial charge in [-0.3, -0.25) is 0 Å². The van der Waals surface area contributed by atoms with Crippen molar-refractivity contribution in [2.24, 2.45) is 5.73 Å². The fourth-order valence-electron chi connectivity index (χ4n) is 1.63. The van der Waals surface area contributed by atoms with E-state index >= 15 is 0 Å². The number of thiocarbonyl (C=S) groups is 1. The van der Waals surface area contributed by atoms with Gasteiger partial charge in [-0.25, -0.2) is 13.1 Å². The highest BCUT2D eigenvalue weighted by atomic mass is 32.2. The van der Waals surface area contributed by atoms with Gasteiger partial charge in [0.25, 0.3) is 0 Å². The molecule has 1 aromatic rings. The molecule has 0 unspecified atom stereocenters. The van der Waals surface area contributed by atoms with Crippen molar-refractivity contribution in [1.29, 1.82) is 0 Å². The Bertz CT molecular complexity index is 576. The molecule has 0 fully saturated rings. The first-order valence-electron chi connectivity index (χ1n) is 6.44. The van der Waals surface area contributed by atoms with E-state index in [1.54, 1.807) is 19.2 Å². The number of nitrogens with two attached hydrogens (primary N) is 1. The number of methoxy groups -OCH3 is 1. The number of hydrogen-bond donors (Lipinski definition) is 2. The summed E-state index contributed by atoms with van der Waals surface area (Å²) in [6, 6.07) is 6.28. The summed E-state index contributed by atoms with van der Waals surface area (Å²) in [5, 5.41) is 0. The van der Waals surface area contributed by atoms with Crippen LogP contribution >= 0.6 is 12.2 Å². The molecule has 0 bridgehead atoms. The fourth-order valence-corrected chi connectivity index (χ4v) is 2.82. The zero-order valence-electron chi connectivity index (χ0n) is 12.2. The van der Waals surface area contributed by atoms with E-state index in [1.807, 2.05) is 11.9 Å². The first-order chi connectivity index (χ1) is 9.86. The average Bonchev–Trinajstić information content (AvgIpc) is 2.45. The summed E-state index contributed by atoms with van der Waals surface area (Å²) in [7, 11) is -0.0216. The lowest BCUT2D eigenvalue weighted by molar-refractivity contribution is 0.162. The minimum atomic E-state index is -3.56. The third kappa shape index (κ3) is 6.06.